The molecule has 0 N–H and O–H groups in total. The van der Waals surface area contributed by atoms with Crippen molar-refractivity contribution < 1.29 is 17.9 Å². The van der Waals surface area contributed by atoms with Gasteiger partial charge >= 0.3 is 0 Å². The summed E-state index contributed by atoms with van der Waals surface area (Å²) in [4.78, 5) is 6.75. The number of likely N-dealkylation sites (tertiary alicyclic amines) is 1. The summed E-state index contributed by atoms with van der Waals surface area (Å²) < 4.78 is 39.0. The number of rotatable bonds is 8. The Hall–Kier alpha value is -0.960. The zero-order chi connectivity index (χ0) is 18.9. The largest absolute Gasteiger partial charge is 0.381 e. The van der Waals surface area contributed by atoms with Crippen molar-refractivity contribution in [3.8, 4) is 0 Å². The first-order chi connectivity index (χ1) is 13.0. The monoisotopic (exact) mass is 397 g/mol. The molecule has 0 bridgehead atoms. The highest BCUT2D eigenvalue weighted by Gasteiger charge is 2.33. The molecule has 1 atom stereocenters. The van der Waals surface area contributed by atoms with Crippen molar-refractivity contribution >= 4 is 9.84 Å². The van der Waals surface area contributed by atoms with Gasteiger partial charge in [-0.15, -0.1) is 0 Å². The summed E-state index contributed by atoms with van der Waals surface area (Å²) in [6.07, 6.45) is 8.30. The van der Waals surface area contributed by atoms with Gasteiger partial charge in [-0.1, -0.05) is 0 Å². The maximum absolute atomic E-state index is 12.9. The van der Waals surface area contributed by atoms with Gasteiger partial charge in [0.1, 0.15) is 0 Å². The molecular weight excluding hydrogens is 366 g/mol. The third kappa shape index (κ3) is 4.72. The van der Waals surface area contributed by atoms with Crippen molar-refractivity contribution in [1.29, 1.82) is 0 Å². The standard InChI is InChI=1S/C19H31N3O4S/c1-25-17-6-8-21(9-7-17)12-16-11-20-19(27(23,24)14-15-4-5-15)22(16)13-18-3-2-10-26-18/h11,15,17-18H,2-10,12-14H2,1H3/t18-/m1/s1. The number of piperidine rings is 1. The maximum Gasteiger partial charge on any atom is 0.227 e. The second-order valence-electron chi connectivity index (χ2n) is 8.21. The smallest absolute Gasteiger partial charge is 0.227 e. The summed E-state index contributed by atoms with van der Waals surface area (Å²) in [5, 5.41) is 0.242. The van der Waals surface area contributed by atoms with Gasteiger partial charge in [0.2, 0.25) is 15.0 Å². The second kappa shape index (κ2) is 8.19. The van der Waals surface area contributed by atoms with Crippen LogP contribution in [0.1, 0.15) is 44.2 Å². The molecule has 7 nitrogen and oxygen atoms in total. The molecule has 4 rings (SSSR count). The highest BCUT2D eigenvalue weighted by molar-refractivity contribution is 7.91. The Labute approximate surface area is 162 Å². The van der Waals surface area contributed by atoms with Gasteiger partial charge in [0.25, 0.3) is 0 Å². The molecule has 152 valence electrons. The highest BCUT2D eigenvalue weighted by Crippen LogP contribution is 2.32. The Balaban J connectivity index is 1.53. The average molecular weight is 398 g/mol. The van der Waals surface area contributed by atoms with Crippen LogP contribution in [0.5, 0.6) is 0 Å². The van der Waals surface area contributed by atoms with Crippen molar-refractivity contribution in [1.82, 2.24) is 14.5 Å². The van der Waals surface area contributed by atoms with Crippen LogP contribution in [0.2, 0.25) is 0 Å². The van der Waals surface area contributed by atoms with Crippen LogP contribution >= 0.6 is 0 Å². The fraction of sp³-hybridized carbons (Fsp3) is 0.842. The summed E-state index contributed by atoms with van der Waals surface area (Å²) in [5.41, 5.74) is 0.982. The maximum atomic E-state index is 12.9. The molecule has 3 heterocycles. The van der Waals surface area contributed by atoms with Crippen LogP contribution < -0.4 is 0 Å². The molecule has 0 radical (unpaired) electrons. The zero-order valence-electron chi connectivity index (χ0n) is 16.2. The first-order valence-electron chi connectivity index (χ1n) is 10.2. The van der Waals surface area contributed by atoms with Gasteiger partial charge in [0.15, 0.2) is 0 Å². The van der Waals surface area contributed by atoms with E-state index in [0.717, 1.165) is 70.5 Å². The fourth-order valence-corrected chi connectivity index (χ4v) is 6.00. The molecule has 2 aliphatic heterocycles. The Morgan fingerprint density at radius 3 is 2.63 bits per heavy atom. The van der Waals surface area contributed by atoms with E-state index in [9.17, 15) is 8.42 Å². The lowest BCUT2D eigenvalue weighted by atomic mass is 10.1. The lowest BCUT2D eigenvalue weighted by Crippen LogP contribution is -2.37. The molecule has 2 saturated heterocycles. The first-order valence-corrected chi connectivity index (χ1v) is 11.8. The van der Waals surface area contributed by atoms with Gasteiger partial charge < -0.3 is 14.0 Å². The zero-order valence-corrected chi connectivity index (χ0v) is 17.0. The summed E-state index contributed by atoms with van der Waals surface area (Å²) in [5.74, 6) is 0.549. The molecule has 8 heteroatoms. The predicted octanol–water partition coefficient (Wildman–Crippen LogP) is 1.86. The number of nitrogens with zero attached hydrogens (tertiary/aromatic N) is 3. The van der Waals surface area contributed by atoms with Crippen molar-refractivity contribution in [2.45, 2.75) is 69.0 Å². The fourth-order valence-electron chi connectivity index (χ4n) is 4.16. The molecular formula is C19H31N3O4S. The van der Waals surface area contributed by atoms with E-state index >= 15 is 0 Å². The minimum absolute atomic E-state index is 0.0899. The Morgan fingerprint density at radius 2 is 2.00 bits per heavy atom. The number of sulfone groups is 1. The van der Waals surface area contributed by atoms with Gasteiger partial charge in [0, 0.05) is 33.4 Å². The predicted molar refractivity (Wildman–Crippen MR) is 101 cm³/mol. The van der Waals surface area contributed by atoms with E-state index in [4.69, 9.17) is 9.47 Å². The molecule has 1 saturated carbocycles. The van der Waals surface area contributed by atoms with Crippen molar-refractivity contribution in [2.75, 3.05) is 32.6 Å². The number of methoxy groups -OCH3 is 1. The van der Waals surface area contributed by atoms with Gasteiger partial charge in [-0.2, -0.15) is 0 Å². The molecule has 3 fully saturated rings. The summed E-state index contributed by atoms with van der Waals surface area (Å²) >= 11 is 0. The second-order valence-corrected chi connectivity index (χ2v) is 10.1. The van der Waals surface area contributed by atoms with E-state index in [2.05, 4.69) is 9.88 Å². The van der Waals surface area contributed by atoms with Crippen molar-refractivity contribution in [3.63, 3.8) is 0 Å². The SMILES string of the molecule is COC1CCN(Cc2cnc(S(=O)(=O)CC3CC3)n2C[C@H]2CCCO2)CC1. The first kappa shape index (κ1) is 19.4. The molecule has 0 unspecified atom stereocenters. The number of hydrogen-bond donors (Lipinski definition) is 0. The molecule has 27 heavy (non-hydrogen) atoms. The van der Waals surface area contributed by atoms with E-state index in [1.54, 1.807) is 13.3 Å². The van der Waals surface area contributed by atoms with Crippen molar-refractivity contribution in [3.05, 3.63) is 11.9 Å². The van der Waals surface area contributed by atoms with E-state index < -0.39 is 9.84 Å². The third-order valence-corrected chi connectivity index (χ3v) is 7.79. The van der Waals surface area contributed by atoms with Gasteiger partial charge in [-0.3, -0.25) is 4.90 Å². The van der Waals surface area contributed by atoms with Crippen molar-refractivity contribution in [2.24, 2.45) is 5.92 Å². The summed E-state index contributed by atoms with van der Waals surface area (Å²) in [7, 11) is -1.57. The topological polar surface area (TPSA) is 73.7 Å². The van der Waals surface area contributed by atoms with Crippen LogP contribution in [0, 0.1) is 5.92 Å². The van der Waals surface area contributed by atoms with Crippen LogP contribution in [0.15, 0.2) is 11.4 Å². The van der Waals surface area contributed by atoms with E-state index in [1.165, 1.54) is 0 Å². The Bertz CT molecular complexity index is 730. The molecule has 0 aromatic carbocycles. The molecule has 0 spiro atoms. The van der Waals surface area contributed by atoms with E-state index in [1.807, 2.05) is 4.57 Å². The minimum Gasteiger partial charge on any atom is -0.381 e. The number of hydrogen-bond acceptors (Lipinski definition) is 6. The molecule has 0 amide bonds. The van der Waals surface area contributed by atoms with E-state index in [-0.39, 0.29) is 17.0 Å². The highest BCUT2D eigenvalue weighted by atomic mass is 32.2. The van der Waals surface area contributed by atoms with Crippen LogP contribution in [-0.4, -0.2) is 67.6 Å². The number of aromatic nitrogens is 2. The van der Waals surface area contributed by atoms with Gasteiger partial charge in [-0.25, -0.2) is 13.4 Å². The molecule has 3 aliphatic rings. The van der Waals surface area contributed by atoms with Crippen LogP contribution in [0.3, 0.4) is 0 Å². The Morgan fingerprint density at radius 1 is 1.22 bits per heavy atom. The molecule has 1 aromatic heterocycles. The van der Waals surface area contributed by atoms with Gasteiger partial charge in [0.05, 0.1) is 36.4 Å². The van der Waals surface area contributed by atoms with Crippen LogP contribution in [0.25, 0.3) is 0 Å². The molecule has 1 aliphatic carbocycles. The quantitative estimate of drug-likeness (QED) is 0.667. The minimum atomic E-state index is -3.34. The van der Waals surface area contributed by atoms with Crippen LogP contribution in [0.4, 0.5) is 0 Å². The Kier molecular flexibility index (Phi) is 5.87. The summed E-state index contributed by atoms with van der Waals surface area (Å²) in [6, 6.07) is 0. The van der Waals surface area contributed by atoms with Crippen LogP contribution in [-0.2, 0) is 32.4 Å². The third-order valence-electron chi connectivity index (χ3n) is 6.00. The van der Waals surface area contributed by atoms with E-state index in [0.29, 0.717) is 18.6 Å². The van der Waals surface area contributed by atoms with Gasteiger partial charge in [-0.05, 0) is 44.4 Å². The number of ether oxygens (including phenoxy) is 2. The average Bonchev–Trinajstić information content (AvgIpc) is 3.15. The number of imidazole rings is 1. The normalized spacial score (nSPS) is 25.3. The lowest BCUT2D eigenvalue weighted by molar-refractivity contribution is 0.0377. The lowest BCUT2D eigenvalue weighted by Gasteiger charge is -2.31. The molecule has 1 aromatic rings. The summed E-state index contributed by atoms with van der Waals surface area (Å²) in [6.45, 7) is 4.02.